The van der Waals surface area contributed by atoms with Gasteiger partial charge in [0.15, 0.2) is 11.6 Å². The Kier molecular flexibility index (Phi) is 3.30. The van der Waals surface area contributed by atoms with Crippen LogP contribution in [0.1, 0.15) is 5.69 Å². The lowest BCUT2D eigenvalue weighted by atomic mass is 10.1. The molecule has 0 saturated heterocycles. The van der Waals surface area contributed by atoms with Gasteiger partial charge in [-0.2, -0.15) is 0 Å². The number of rotatable bonds is 3. The van der Waals surface area contributed by atoms with Gasteiger partial charge in [0.05, 0.1) is 18.5 Å². The van der Waals surface area contributed by atoms with Crippen molar-refractivity contribution in [2.75, 3.05) is 7.11 Å². The largest absolute Gasteiger partial charge is 0.494 e. The summed E-state index contributed by atoms with van der Waals surface area (Å²) in [6, 6.07) is 4.65. The number of nitrogens with two attached hydrogens (primary N) is 1. The predicted octanol–water partition coefficient (Wildman–Crippen LogP) is 1.75. The summed E-state index contributed by atoms with van der Waals surface area (Å²) in [7, 11) is 1.42. The Bertz CT molecular complexity index is 531. The van der Waals surface area contributed by atoms with Crippen molar-refractivity contribution in [1.82, 2.24) is 9.97 Å². The second-order valence-corrected chi connectivity index (χ2v) is 3.41. The summed E-state index contributed by atoms with van der Waals surface area (Å²) < 4.78 is 18.4. The van der Waals surface area contributed by atoms with Crippen molar-refractivity contribution in [2.24, 2.45) is 5.73 Å². The molecular formula is C12H12FN3O. The number of methoxy groups -OCH3 is 1. The van der Waals surface area contributed by atoms with Gasteiger partial charge in [-0.25, -0.2) is 4.39 Å². The minimum Gasteiger partial charge on any atom is -0.494 e. The van der Waals surface area contributed by atoms with E-state index in [2.05, 4.69) is 9.97 Å². The highest BCUT2D eigenvalue weighted by Gasteiger charge is 2.09. The Balaban J connectivity index is 2.49. The van der Waals surface area contributed by atoms with Crippen molar-refractivity contribution < 1.29 is 9.13 Å². The van der Waals surface area contributed by atoms with Gasteiger partial charge in [-0.1, -0.05) is 0 Å². The zero-order valence-electron chi connectivity index (χ0n) is 9.35. The van der Waals surface area contributed by atoms with Crippen LogP contribution in [0.2, 0.25) is 0 Å². The van der Waals surface area contributed by atoms with Crippen LogP contribution in [-0.2, 0) is 6.54 Å². The summed E-state index contributed by atoms with van der Waals surface area (Å²) in [6.45, 7) is 0.261. The topological polar surface area (TPSA) is 61.0 Å². The Labute approximate surface area is 98.3 Å². The Morgan fingerprint density at radius 3 is 2.71 bits per heavy atom. The first kappa shape index (κ1) is 11.5. The highest BCUT2D eigenvalue weighted by atomic mass is 19.1. The van der Waals surface area contributed by atoms with Crippen LogP contribution in [0.3, 0.4) is 0 Å². The molecule has 4 nitrogen and oxygen atoms in total. The number of nitrogens with zero attached hydrogens (tertiary/aromatic N) is 2. The summed E-state index contributed by atoms with van der Waals surface area (Å²) in [5.41, 5.74) is 7.43. The van der Waals surface area contributed by atoms with Gasteiger partial charge in [-0.3, -0.25) is 9.97 Å². The number of ether oxygens (including phenoxy) is 1. The number of hydrogen-bond acceptors (Lipinski definition) is 4. The molecule has 0 aliphatic carbocycles. The minimum absolute atomic E-state index is 0.201. The van der Waals surface area contributed by atoms with Crippen LogP contribution >= 0.6 is 0 Å². The average molecular weight is 233 g/mol. The van der Waals surface area contributed by atoms with E-state index in [1.165, 1.54) is 13.2 Å². The Hall–Kier alpha value is -2.01. The van der Waals surface area contributed by atoms with E-state index < -0.39 is 5.82 Å². The summed E-state index contributed by atoms with van der Waals surface area (Å²) in [5.74, 6) is -0.231. The first-order chi connectivity index (χ1) is 8.26. The number of benzene rings is 1. The van der Waals surface area contributed by atoms with Crippen molar-refractivity contribution in [3.8, 4) is 17.0 Å². The predicted molar refractivity (Wildman–Crippen MR) is 61.9 cm³/mol. The molecule has 2 N–H and O–H groups in total. The van der Waals surface area contributed by atoms with Crippen molar-refractivity contribution in [2.45, 2.75) is 6.54 Å². The van der Waals surface area contributed by atoms with Crippen LogP contribution in [0.4, 0.5) is 4.39 Å². The molecule has 88 valence electrons. The van der Waals surface area contributed by atoms with Gasteiger partial charge >= 0.3 is 0 Å². The van der Waals surface area contributed by atoms with E-state index in [0.29, 0.717) is 17.0 Å². The molecule has 2 rings (SSSR count). The van der Waals surface area contributed by atoms with Gasteiger partial charge in [-0.15, -0.1) is 0 Å². The number of hydrogen-bond donors (Lipinski definition) is 1. The van der Waals surface area contributed by atoms with E-state index in [-0.39, 0.29) is 12.3 Å². The first-order valence-corrected chi connectivity index (χ1v) is 5.10. The lowest BCUT2D eigenvalue weighted by Crippen LogP contribution is -2.03. The molecule has 5 heteroatoms. The van der Waals surface area contributed by atoms with Gasteiger partial charge in [0, 0.05) is 24.5 Å². The lowest BCUT2D eigenvalue weighted by molar-refractivity contribution is 0.386. The van der Waals surface area contributed by atoms with E-state index in [9.17, 15) is 4.39 Å². The molecule has 0 aliphatic heterocycles. The molecule has 2 aromatic rings. The quantitative estimate of drug-likeness (QED) is 0.877. The monoisotopic (exact) mass is 233 g/mol. The van der Waals surface area contributed by atoms with Crippen LogP contribution < -0.4 is 10.5 Å². The maximum atomic E-state index is 13.6. The van der Waals surface area contributed by atoms with E-state index in [4.69, 9.17) is 10.5 Å². The third-order valence-electron chi connectivity index (χ3n) is 2.39. The van der Waals surface area contributed by atoms with Crippen molar-refractivity contribution >= 4 is 0 Å². The van der Waals surface area contributed by atoms with Crippen molar-refractivity contribution in [3.05, 3.63) is 42.1 Å². The van der Waals surface area contributed by atoms with Crippen LogP contribution in [-0.4, -0.2) is 17.1 Å². The smallest absolute Gasteiger partial charge is 0.165 e. The van der Waals surface area contributed by atoms with Crippen molar-refractivity contribution in [1.29, 1.82) is 0 Å². The van der Waals surface area contributed by atoms with Crippen LogP contribution in [0, 0.1) is 5.82 Å². The number of aromatic nitrogens is 2. The molecule has 0 bridgehead atoms. The Morgan fingerprint density at radius 2 is 2.06 bits per heavy atom. The lowest BCUT2D eigenvalue weighted by Gasteiger charge is -2.07. The second-order valence-electron chi connectivity index (χ2n) is 3.41. The highest BCUT2D eigenvalue weighted by Crippen LogP contribution is 2.25. The summed E-state index contributed by atoms with van der Waals surface area (Å²) in [5, 5.41) is 0. The molecule has 1 aromatic heterocycles. The fraction of sp³-hybridized carbons (Fsp3) is 0.167. The fourth-order valence-corrected chi connectivity index (χ4v) is 1.57. The normalized spacial score (nSPS) is 10.3. The van der Waals surface area contributed by atoms with E-state index in [1.54, 1.807) is 24.5 Å². The zero-order chi connectivity index (χ0) is 12.3. The third kappa shape index (κ3) is 2.24. The van der Waals surface area contributed by atoms with Crippen LogP contribution in [0.25, 0.3) is 11.3 Å². The molecule has 0 radical (unpaired) electrons. The van der Waals surface area contributed by atoms with Crippen molar-refractivity contribution in [3.63, 3.8) is 0 Å². The summed E-state index contributed by atoms with van der Waals surface area (Å²) in [6.07, 6.45) is 3.11. The molecule has 0 saturated carbocycles. The first-order valence-electron chi connectivity index (χ1n) is 5.10. The highest BCUT2D eigenvalue weighted by molar-refractivity contribution is 5.62. The van der Waals surface area contributed by atoms with Gasteiger partial charge in [0.1, 0.15) is 0 Å². The molecule has 1 aromatic carbocycles. The van der Waals surface area contributed by atoms with E-state index in [1.807, 2.05) is 0 Å². The minimum atomic E-state index is -0.432. The standard InChI is InChI=1S/C12H12FN3O/c1-17-11-3-2-8(6-9(11)13)12-10(7-14)15-4-5-16-12/h2-6H,7,14H2,1H3. The summed E-state index contributed by atoms with van der Waals surface area (Å²) in [4.78, 5) is 8.27. The second kappa shape index (κ2) is 4.88. The van der Waals surface area contributed by atoms with Gasteiger partial charge in [0.25, 0.3) is 0 Å². The molecule has 0 aliphatic rings. The van der Waals surface area contributed by atoms with Gasteiger partial charge in [-0.05, 0) is 18.2 Å². The fourth-order valence-electron chi connectivity index (χ4n) is 1.57. The molecule has 1 heterocycles. The summed E-state index contributed by atoms with van der Waals surface area (Å²) >= 11 is 0. The van der Waals surface area contributed by atoms with Gasteiger partial charge in [0.2, 0.25) is 0 Å². The molecule has 0 fully saturated rings. The maximum Gasteiger partial charge on any atom is 0.165 e. The zero-order valence-corrected chi connectivity index (χ0v) is 9.35. The molecule has 0 spiro atoms. The van der Waals surface area contributed by atoms with E-state index in [0.717, 1.165) is 0 Å². The molecule has 0 unspecified atom stereocenters. The number of halogens is 1. The maximum absolute atomic E-state index is 13.6. The average Bonchev–Trinajstić information content (AvgIpc) is 2.38. The SMILES string of the molecule is COc1ccc(-c2nccnc2CN)cc1F. The van der Waals surface area contributed by atoms with Crippen LogP contribution in [0.15, 0.2) is 30.6 Å². The molecule has 0 atom stereocenters. The Morgan fingerprint density at radius 1 is 1.29 bits per heavy atom. The molecule has 17 heavy (non-hydrogen) atoms. The molecular weight excluding hydrogens is 221 g/mol. The third-order valence-corrected chi connectivity index (χ3v) is 2.39. The van der Waals surface area contributed by atoms with Crippen LogP contribution in [0.5, 0.6) is 5.75 Å². The molecule has 0 amide bonds. The van der Waals surface area contributed by atoms with Gasteiger partial charge < -0.3 is 10.5 Å². The van der Waals surface area contributed by atoms with E-state index >= 15 is 0 Å².